The predicted molar refractivity (Wildman–Crippen MR) is 61.9 cm³/mol. The Morgan fingerprint density at radius 2 is 2.21 bits per heavy atom. The van der Waals surface area contributed by atoms with Crippen molar-refractivity contribution in [3.05, 3.63) is 0 Å². The Bertz CT molecular complexity index is 174. The summed E-state index contributed by atoms with van der Waals surface area (Å²) in [7, 11) is 0. The lowest BCUT2D eigenvalue weighted by Gasteiger charge is -2.29. The van der Waals surface area contributed by atoms with Gasteiger partial charge >= 0.3 is 0 Å². The zero-order valence-electron chi connectivity index (χ0n) is 9.05. The van der Waals surface area contributed by atoms with E-state index in [2.05, 4.69) is 24.0 Å². The van der Waals surface area contributed by atoms with E-state index in [-0.39, 0.29) is 5.60 Å². The SMILES string of the molecule is CC1(CNC2CCSCC2)CCCO1. The highest BCUT2D eigenvalue weighted by Gasteiger charge is 2.30. The van der Waals surface area contributed by atoms with Crippen LogP contribution in [0, 0.1) is 0 Å². The summed E-state index contributed by atoms with van der Waals surface area (Å²) in [6, 6.07) is 0.747. The molecule has 0 radical (unpaired) electrons. The van der Waals surface area contributed by atoms with Gasteiger partial charge in [0.25, 0.3) is 0 Å². The topological polar surface area (TPSA) is 21.3 Å². The van der Waals surface area contributed by atoms with Crippen molar-refractivity contribution in [2.24, 2.45) is 0 Å². The van der Waals surface area contributed by atoms with E-state index in [1.807, 2.05) is 0 Å². The Hall–Kier alpha value is 0.270. The van der Waals surface area contributed by atoms with Crippen LogP contribution in [-0.2, 0) is 4.74 Å². The van der Waals surface area contributed by atoms with Crippen LogP contribution in [-0.4, -0.2) is 36.3 Å². The Morgan fingerprint density at radius 3 is 2.86 bits per heavy atom. The highest BCUT2D eigenvalue weighted by molar-refractivity contribution is 7.99. The second-order valence-corrected chi connectivity index (χ2v) is 5.89. The first-order valence-electron chi connectivity index (χ1n) is 5.74. The first-order chi connectivity index (χ1) is 6.79. The summed E-state index contributed by atoms with van der Waals surface area (Å²) < 4.78 is 5.76. The molecule has 2 aliphatic rings. The van der Waals surface area contributed by atoms with Gasteiger partial charge < -0.3 is 10.1 Å². The fourth-order valence-electron chi connectivity index (χ4n) is 2.24. The molecule has 0 aliphatic carbocycles. The minimum absolute atomic E-state index is 0.130. The Labute approximate surface area is 91.2 Å². The fraction of sp³-hybridized carbons (Fsp3) is 1.00. The van der Waals surface area contributed by atoms with E-state index in [1.54, 1.807) is 0 Å². The highest BCUT2D eigenvalue weighted by atomic mass is 32.2. The zero-order chi connectivity index (χ0) is 9.86. The predicted octanol–water partition coefficient (Wildman–Crippen LogP) is 2.04. The number of thioether (sulfide) groups is 1. The lowest BCUT2D eigenvalue weighted by molar-refractivity contribution is 0.0185. The third-order valence-corrected chi connectivity index (χ3v) is 4.34. The van der Waals surface area contributed by atoms with Gasteiger partial charge in [0, 0.05) is 19.2 Å². The standard InChI is InChI=1S/C11H21NOS/c1-11(5-2-6-13-11)9-12-10-3-7-14-8-4-10/h10,12H,2-9H2,1H3. The monoisotopic (exact) mass is 215 g/mol. The van der Waals surface area contributed by atoms with E-state index < -0.39 is 0 Å². The second-order valence-electron chi connectivity index (χ2n) is 4.67. The molecule has 0 saturated carbocycles. The minimum atomic E-state index is 0.130. The van der Waals surface area contributed by atoms with E-state index in [4.69, 9.17) is 4.74 Å². The molecule has 2 nitrogen and oxygen atoms in total. The molecule has 1 N–H and O–H groups in total. The van der Waals surface area contributed by atoms with Gasteiger partial charge in [-0.3, -0.25) is 0 Å². The van der Waals surface area contributed by atoms with Gasteiger partial charge in [-0.05, 0) is 44.1 Å². The van der Waals surface area contributed by atoms with Crippen LogP contribution in [0.5, 0.6) is 0 Å². The van der Waals surface area contributed by atoms with Crippen molar-refractivity contribution in [2.45, 2.75) is 44.2 Å². The summed E-state index contributed by atoms with van der Waals surface area (Å²) in [4.78, 5) is 0. The third kappa shape index (κ3) is 2.88. The average Bonchev–Trinajstić information content (AvgIpc) is 2.65. The van der Waals surface area contributed by atoms with Crippen LogP contribution in [0.2, 0.25) is 0 Å². The molecule has 0 aromatic rings. The van der Waals surface area contributed by atoms with Gasteiger partial charge in [-0.1, -0.05) is 0 Å². The van der Waals surface area contributed by atoms with E-state index in [0.717, 1.165) is 19.2 Å². The van der Waals surface area contributed by atoms with E-state index in [0.29, 0.717) is 0 Å². The first-order valence-corrected chi connectivity index (χ1v) is 6.89. The Morgan fingerprint density at radius 1 is 1.43 bits per heavy atom. The summed E-state index contributed by atoms with van der Waals surface area (Å²) in [6.07, 6.45) is 5.13. The maximum Gasteiger partial charge on any atom is 0.0779 e. The van der Waals surface area contributed by atoms with E-state index in [9.17, 15) is 0 Å². The summed E-state index contributed by atoms with van der Waals surface area (Å²) in [5, 5.41) is 3.67. The lowest BCUT2D eigenvalue weighted by Crippen LogP contribution is -2.43. The minimum Gasteiger partial charge on any atom is -0.374 e. The van der Waals surface area contributed by atoms with Gasteiger partial charge in [0.05, 0.1) is 5.60 Å². The van der Waals surface area contributed by atoms with Gasteiger partial charge in [0.2, 0.25) is 0 Å². The van der Waals surface area contributed by atoms with E-state index >= 15 is 0 Å². The zero-order valence-corrected chi connectivity index (χ0v) is 9.87. The molecular formula is C11H21NOS. The number of hydrogen-bond donors (Lipinski definition) is 1. The van der Waals surface area contributed by atoms with Crippen LogP contribution < -0.4 is 5.32 Å². The Balaban J connectivity index is 1.70. The van der Waals surface area contributed by atoms with Crippen LogP contribution >= 0.6 is 11.8 Å². The molecule has 2 rings (SSSR count). The fourth-order valence-corrected chi connectivity index (χ4v) is 3.34. The van der Waals surface area contributed by atoms with Crippen molar-refractivity contribution >= 4 is 11.8 Å². The molecule has 14 heavy (non-hydrogen) atoms. The normalized spacial score (nSPS) is 34.9. The first kappa shape index (κ1) is 10.8. The third-order valence-electron chi connectivity index (χ3n) is 3.29. The summed E-state index contributed by atoms with van der Waals surface area (Å²) in [5.41, 5.74) is 0.130. The van der Waals surface area contributed by atoms with Gasteiger partial charge in [0.15, 0.2) is 0 Å². The molecule has 2 heterocycles. The maximum absolute atomic E-state index is 5.76. The molecule has 0 aromatic carbocycles. The van der Waals surface area contributed by atoms with Crippen molar-refractivity contribution < 1.29 is 4.74 Å². The molecule has 0 amide bonds. The van der Waals surface area contributed by atoms with Gasteiger partial charge in [0.1, 0.15) is 0 Å². The highest BCUT2D eigenvalue weighted by Crippen LogP contribution is 2.25. The van der Waals surface area contributed by atoms with E-state index in [1.165, 1.54) is 37.2 Å². The number of nitrogens with one attached hydrogen (secondary N) is 1. The summed E-state index contributed by atoms with van der Waals surface area (Å²) in [5.74, 6) is 2.66. The molecule has 1 unspecified atom stereocenters. The van der Waals surface area contributed by atoms with Crippen LogP contribution in [0.1, 0.15) is 32.6 Å². The smallest absolute Gasteiger partial charge is 0.0779 e. The largest absolute Gasteiger partial charge is 0.374 e. The molecule has 3 heteroatoms. The average molecular weight is 215 g/mol. The number of hydrogen-bond acceptors (Lipinski definition) is 3. The molecule has 0 aromatic heterocycles. The molecule has 0 spiro atoms. The van der Waals surface area contributed by atoms with Crippen LogP contribution in [0.15, 0.2) is 0 Å². The van der Waals surface area contributed by atoms with Gasteiger partial charge in [-0.25, -0.2) is 0 Å². The van der Waals surface area contributed by atoms with Crippen LogP contribution in [0.4, 0.5) is 0 Å². The van der Waals surface area contributed by atoms with Crippen molar-refractivity contribution in [2.75, 3.05) is 24.7 Å². The maximum atomic E-state index is 5.76. The second kappa shape index (κ2) is 4.86. The number of rotatable bonds is 3. The molecule has 2 saturated heterocycles. The molecule has 82 valence electrons. The molecule has 2 aliphatic heterocycles. The van der Waals surface area contributed by atoms with Crippen molar-refractivity contribution in [3.63, 3.8) is 0 Å². The Kier molecular flexibility index (Phi) is 3.74. The molecule has 1 atom stereocenters. The quantitative estimate of drug-likeness (QED) is 0.778. The molecule has 0 bridgehead atoms. The number of ether oxygens (including phenoxy) is 1. The molecule has 2 fully saturated rings. The van der Waals surface area contributed by atoms with Gasteiger partial charge in [-0.15, -0.1) is 0 Å². The van der Waals surface area contributed by atoms with Crippen molar-refractivity contribution in [1.82, 2.24) is 5.32 Å². The van der Waals surface area contributed by atoms with Crippen molar-refractivity contribution in [3.8, 4) is 0 Å². The summed E-state index contributed by atoms with van der Waals surface area (Å²) in [6.45, 7) is 4.24. The van der Waals surface area contributed by atoms with Crippen LogP contribution in [0.3, 0.4) is 0 Å². The van der Waals surface area contributed by atoms with Gasteiger partial charge in [-0.2, -0.15) is 11.8 Å². The van der Waals surface area contributed by atoms with Crippen LogP contribution in [0.25, 0.3) is 0 Å². The lowest BCUT2D eigenvalue weighted by atomic mass is 10.0. The summed E-state index contributed by atoms with van der Waals surface area (Å²) >= 11 is 2.08. The molecular weight excluding hydrogens is 194 g/mol. The van der Waals surface area contributed by atoms with Crippen molar-refractivity contribution in [1.29, 1.82) is 0 Å².